The Hall–Kier alpha value is -1.34. The van der Waals surface area contributed by atoms with Crippen LogP contribution < -0.4 is 0 Å². The summed E-state index contributed by atoms with van der Waals surface area (Å²) >= 11 is 0. The van der Waals surface area contributed by atoms with Crippen LogP contribution in [0.2, 0.25) is 0 Å². The molecule has 2 rings (SSSR count). The van der Waals surface area contributed by atoms with Gasteiger partial charge >= 0.3 is 48.3 Å². The van der Waals surface area contributed by atoms with Gasteiger partial charge < -0.3 is 9.47 Å². The molecule has 2 aliphatic carbocycles. The van der Waals surface area contributed by atoms with Crippen LogP contribution in [0, 0.1) is 29.6 Å². The van der Waals surface area contributed by atoms with Crippen LogP contribution in [0.15, 0.2) is 0 Å². The van der Waals surface area contributed by atoms with Crippen molar-refractivity contribution in [2.75, 3.05) is 13.2 Å². The van der Waals surface area contributed by atoms with Crippen LogP contribution in [0.1, 0.15) is 71.1 Å². The minimum atomic E-state index is -7.31. The zero-order chi connectivity index (χ0) is 35.8. The fourth-order valence-electron chi connectivity index (χ4n) is 6.68. The Labute approximate surface area is 251 Å². The molecule has 0 heterocycles. The first-order valence-corrected chi connectivity index (χ1v) is 14.3. The highest BCUT2D eigenvalue weighted by atomic mass is 19.4. The Morgan fingerprint density at radius 1 is 0.457 bits per heavy atom. The van der Waals surface area contributed by atoms with Gasteiger partial charge in [0, 0.05) is 5.92 Å². The molecule has 274 valence electrons. The van der Waals surface area contributed by atoms with E-state index in [0.717, 1.165) is 38.5 Å². The summed E-state index contributed by atoms with van der Waals surface area (Å²) in [6.45, 7) is -2.99. The standard InChI is InChI=1S/C26H32F18O2/c1-2-3-14-4-6-15(7-5-14)16-8-10-17(11-9-16)18(12-45-19(21(27,28)29,22(30,31)32)23(33,34)35)13-46-20(24(36,37)38,25(39,40)41)26(42,43)44/h14-18H,2-13H2,1H3. The summed E-state index contributed by atoms with van der Waals surface area (Å²) in [5.74, 6) is -3.79. The lowest BCUT2D eigenvalue weighted by Gasteiger charge is -2.43. The van der Waals surface area contributed by atoms with Crippen LogP contribution in [0.4, 0.5) is 79.0 Å². The summed E-state index contributed by atoms with van der Waals surface area (Å²) < 4.78 is 248. The Morgan fingerprint density at radius 3 is 1.00 bits per heavy atom. The summed E-state index contributed by atoms with van der Waals surface area (Å²) in [4.78, 5) is 0. The fourth-order valence-corrected chi connectivity index (χ4v) is 6.68. The molecule has 0 N–H and O–H groups in total. The first-order valence-electron chi connectivity index (χ1n) is 14.3. The average Bonchev–Trinajstić information content (AvgIpc) is 2.84. The predicted molar refractivity (Wildman–Crippen MR) is 123 cm³/mol. The van der Waals surface area contributed by atoms with E-state index in [1.807, 2.05) is 6.92 Å². The smallest absolute Gasteiger partial charge is 0.351 e. The highest BCUT2D eigenvalue weighted by Gasteiger charge is 2.87. The molecule has 46 heavy (non-hydrogen) atoms. The van der Waals surface area contributed by atoms with Gasteiger partial charge in [-0.15, -0.1) is 0 Å². The van der Waals surface area contributed by atoms with Crippen molar-refractivity contribution in [3.63, 3.8) is 0 Å². The molecule has 2 saturated carbocycles. The van der Waals surface area contributed by atoms with Crippen molar-refractivity contribution in [3.05, 3.63) is 0 Å². The third-order valence-electron chi connectivity index (χ3n) is 9.16. The van der Waals surface area contributed by atoms with E-state index in [1.54, 1.807) is 0 Å². The molecule has 2 nitrogen and oxygen atoms in total. The molecular formula is C26H32F18O2. The Kier molecular flexibility index (Phi) is 12.3. The number of alkyl halides is 18. The zero-order valence-corrected chi connectivity index (χ0v) is 24.0. The molecule has 20 heteroatoms. The van der Waals surface area contributed by atoms with E-state index in [1.165, 1.54) is 0 Å². The van der Waals surface area contributed by atoms with E-state index in [4.69, 9.17) is 0 Å². The predicted octanol–water partition coefficient (Wildman–Crippen LogP) is 10.9. The van der Waals surface area contributed by atoms with Gasteiger partial charge in [-0.05, 0) is 62.2 Å². The van der Waals surface area contributed by atoms with Gasteiger partial charge in [-0.25, -0.2) is 0 Å². The third kappa shape index (κ3) is 8.09. The van der Waals surface area contributed by atoms with Crippen LogP contribution >= 0.6 is 0 Å². The molecule has 0 saturated heterocycles. The van der Waals surface area contributed by atoms with Crippen molar-refractivity contribution < 1.29 is 88.5 Å². The maximum Gasteiger partial charge on any atom is 0.435 e. The van der Waals surface area contributed by atoms with Crippen molar-refractivity contribution in [2.24, 2.45) is 29.6 Å². The molecule has 0 radical (unpaired) electrons. The topological polar surface area (TPSA) is 18.5 Å². The summed E-state index contributed by atoms with van der Waals surface area (Å²) in [7, 11) is 0. The molecular weight excluding hydrogens is 686 g/mol. The lowest BCUT2D eigenvalue weighted by molar-refractivity contribution is -0.464. The van der Waals surface area contributed by atoms with Gasteiger partial charge in [-0.1, -0.05) is 32.6 Å². The molecule has 2 aliphatic rings. The zero-order valence-electron chi connectivity index (χ0n) is 24.0. The van der Waals surface area contributed by atoms with Crippen molar-refractivity contribution in [2.45, 2.75) is 119 Å². The normalized spacial score (nSPS) is 25.3. The maximum atomic E-state index is 13.4. The largest absolute Gasteiger partial charge is 0.435 e. The van der Waals surface area contributed by atoms with E-state index in [0.29, 0.717) is 5.92 Å². The summed E-state index contributed by atoms with van der Waals surface area (Å²) in [5.41, 5.74) is -13.9. The van der Waals surface area contributed by atoms with Gasteiger partial charge in [0.25, 0.3) is 0 Å². The van der Waals surface area contributed by atoms with E-state index in [2.05, 4.69) is 9.47 Å². The summed E-state index contributed by atoms with van der Waals surface area (Å²) in [6, 6.07) is 0. The molecule has 0 aromatic rings. The van der Waals surface area contributed by atoms with E-state index < -0.39 is 73.3 Å². The Morgan fingerprint density at radius 2 is 0.739 bits per heavy atom. The number of rotatable bonds is 10. The number of hydrogen-bond donors (Lipinski definition) is 0. The first kappa shape index (κ1) is 40.8. The van der Waals surface area contributed by atoms with Crippen LogP contribution in [-0.4, -0.2) is 61.5 Å². The van der Waals surface area contributed by atoms with Crippen LogP contribution in [0.5, 0.6) is 0 Å². The molecule has 2 fully saturated rings. The van der Waals surface area contributed by atoms with E-state index in [-0.39, 0.29) is 37.5 Å². The van der Waals surface area contributed by atoms with Crippen molar-refractivity contribution >= 4 is 0 Å². The maximum absolute atomic E-state index is 13.4. The van der Waals surface area contributed by atoms with Crippen LogP contribution in [0.25, 0.3) is 0 Å². The second kappa shape index (κ2) is 13.9. The summed E-state index contributed by atoms with van der Waals surface area (Å²) in [5, 5.41) is 0. The first-order chi connectivity index (χ1) is 20.6. The Bertz CT molecular complexity index is 817. The second-order valence-electron chi connectivity index (χ2n) is 12.0. The minimum Gasteiger partial charge on any atom is -0.351 e. The molecule has 0 atom stereocenters. The Balaban J connectivity index is 2.45. The SMILES string of the molecule is CCCC1CCC(C2CCC(C(COC(C(F)(F)F)(C(F)(F)F)C(F)(F)F)COC(C(F)(F)F)(C(F)(F)F)C(F)(F)F)CC2)CC1. The average molecular weight is 719 g/mol. The molecule has 0 aliphatic heterocycles. The van der Waals surface area contributed by atoms with E-state index in [9.17, 15) is 79.0 Å². The van der Waals surface area contributed by atoms with Gasteiger partial charge in [-0.3, -0.25) is 0 Å². The van der Waals surface area contributed by atoms with Crippen LogP contribution in [0.3, 0.4) is 0 Å². The van der Waals surface area contributed by atoms with Gasteiger partial charge in [0.05, 0.1) is 13.2 Å². The number of ether oxygens (including phenoxy) is 2. The highest BCUT2D eigenvalue weighted by Crippen LogP contribution is 2.57. The van der Waals surface area contributed by atoms with Gasteiger partial charge in [0.2, 0.25) is 0 Å². The van der Waals surface area contributed by atoms with Crippen molar-refractivity contribution in [3.8, 4) is 0 Å². The molecule has 0 unspecified atom stereocenters. The third-order valence-corrected chi connectivity index (χ3v) is 9.16. The molecule has 0 aromatic carbocycles. The van der Waals surface area contributed by atoms with Gasteiger partial charge in [-0.2, -0.15) is 79.0 Å². The lowest BCUT2D eigenvalue weighted by atomic mass is 9.67. The molecule has 0 bridgehead atoms. The van der Waals surface area contributed by atoms with Crippen LogP contribution in [-0.2, 0) is 9.47 Å². The second-order valence-corrected chi connectivity index (χ2v) is 12.0. The quantitative estimate of drug-likeness (QED) is 0.210. The van der Waals surface area contributed by atoms with E-state index >= 15 is 0 Å². The van der Waals surface area contributed by atoms with Crippen molar-refractivity contribution in [1.29, 1.82) is 0 Å². The minimum absolute atomic E-state index is 0.0657. The number of halogens is 18. The van der Waals surface area contributed by atoms with Gasteiger partial charge in [0.1, 0.15) is 0 Å². The molecule has 0 spiro atoms. The monoisotopic (exact) mass is 718 g/mol. The van der Waals surface area contributed by atoms with Gasteiger partial charge in [0.15, 0.2) is 0 Å². The number of hydrogen-bond acceptors (Lipinski definition) is 2. The molecule has 0 aromatic heterocycles. The highest BCUT2D eigenvalue weighted by molar-refractivity contribution is 5.04. The fraction of sp³-hybridized carbons (Fsp3) is 1.00. The summed E-state index contributed by atoms with van der Waals surface area (Å²) in [6.07, 6.45) is -39.4. The molecule has 0 amide bonds. The van der Waals surface area contributed by atoms with Crippen molar-refractivity contribution in [1.82, 2.24) is 0 Å². The lowest BCUT2D eigenvalue weighted by Crippen LogP contribution is -2.69.